The summed E-state index contributed by atoms with van der Waals surface area (Å²) in [4.78, 5) is 39.3. The molecule has 0 aromatic heterocycles. The Bertz CT molecular complexity index is 1260. The minimum absolute atomic E-state index is 0.00487. The number of non-ortho nitro benzene ring substituents is 1. The minimum atomic E-state index is -3.98. The van der Waals surface area contributed by atoms with E-state index in [0.29, 0.717) is 6.42 Å². The number of rotatable bonds is 11. The molecule has 38 heavy (non-hydrogen) atoms. The fraction of sp³-hybridized carbons (Fsp3) is 0.481. The van der Waals surface area contributed by atoms with Crippen molar-refractivity contribution < 1.29 is 22.9 Å². The molecule has 10 nitrogen and oxygen atoms in total. The molecule has 0 aliphatic heterocycles. The number of nitro benzene ring substituents is 1. The van der Waals surface area contributed by atoms with Crippen molar-refractivity contribution in [3.63, 3.8) is 0 Å². The average molecular weight is 545 g/mol. The molecule has 2 aromatic carbocycles. The summed E-state index contributed by atoms with van der Waals surface area (Å²) in [7, 11) is -3.98. The Morgan fingerprint density at radius 1 is 1.11 bits per heavy atom. The minimum Gasteiger partial charge on any atom is -0.352 e. The molecule has 2 amide bonds. The highest BCUT2D eigenvalue weighted by molar-refractivity contribution is 7.92. The van der Waals surface area contributed by atoms with Crippen LogP contribution in [0.5, 0.6) is 0 Å². The summed E-state index contributed by atoms with van der Waals surface area (Å²) >= 11 is 0. The van der Waals surface area contributed by atoms with Crippen molar-refractivity contribution in [3.8, 4) is 0 Å². The predicted molar refractivity (Wildman–Crippen MR) is 146 cm³/mol. The van der Waals surface area contributed by atoms with Crippen LogP contribution in [0.2, 0.25) is 0 Å². The molecule has 1 aliphatic rings. The Balaban J connectivity index is 1.94. The SMILES string of the molecule is CCC(C(=O)NC1CCCCC1)N(Cc1cccc(C)c1)C(=O)CN(c1cccc([N+](=O)[O-])c1)S(C)(=O)=O. The van der Waals surface area contributed by atoms with Crippen molar-refractivity contribution in [1.82, 2.24) is 10.2 Å². The summed E-state index contributed by atoms with van der Waals surface area (Å²) in [5.41, 5.74) is 1.51. The molecule has 1 saturated carbocycles. The molecule has 1 unspecified atom stereocenters. The number of hydrogen-bond donors (Lipinski definition) is 1. The van der Waals surface area contributed by atoms with Crippen LogP contribution in [0, 0.1) is 17.0 Å². The van der Waals surface area contributed by atoms with Gasteiger partial charge < -0.3 is 10.2 Å². The first-order chi connectivity index (χ1) is 18.0. The van der Waals surface area contributed by atoms with E-state index in [-0.39, 0.29) is 29.9 Å². The number of carbonyl (C=O) groups excluding carboxylic acids is 2. The van der Waals surface area contributed by atoms with Gasteiger partial charge in [0, 0.05) is 24.7 Å². The topological polar surface area (TPSA) is 130 Å². The van der Waals surface area contributed by atoms with Gasteiger partial charge in [0.25, 0.3) is 5.69 Å². The Morgan fingerprint density at radius 3 is 2.39 bits per heavy atom. The van der Waals surface area contributed by atoms with Crippen LogP contribution in [-0.4, -0.2) is 54.9 Å². The zero-order chi connectivity index (χ0) is 27.9. The molecule has 1 fully saturated rings. The molecular weight excluding hydrogens is 508 g/mol. The largest absolute Gasteiger partial charge is 0.352 e. The van der Waals surface area contributed by atoms with Gasteiger partial charge in [-0.25, -0.2) is 8.42 Å². The van der Waals surface area contributed by atoms with Gasteiger partial charge in [-0.05, 0) is 37.8 Å². The van der Waals surface area contributed by atoms with Gasteiger partial charge in [-0.3, -0.25) is 24.0 Å². The van der Waals surface area contributed by atoms with E-state index in [1.807, 2.05) is 38.1 Å². The number of benzene rings is 2. The lowest BCUT2D eigenvalue weighted by atomic mass is 9.95. The summed E-state index contributed by atoms with van der Waals surface area (Å²) in [6.45, 7) is 3.26. The van der Waals surface area contributed by atoms with Gasteiger partial charge in [-0.2, -0.15) is 0 Å². The van der Waals surface area contributed by atoms with Gasteiger partial charge in [-0.15, -0.1) is 0 Å². The highest BCUT2D eigenvalue weighted by Crippen LogP contribution is 2.24. The smallest absolute Gasteiger partial charge is 0.271 e. The summed E-state index contributed by atoms with van der Waals surface area (Å²) in [6, 6.07) is 11.9. The van der Waals surface area contributed by atoms with Crippen LogP contribution < -0.4 is 9.62 Å². The number of nitrogens with zero attached hydrogens (tertiary/aromatic N) is 3. The maximum absolute atomic E-state index is 13.8. The Labute approximate surface area is 224 Å². The molecule has 2 aromatic rings. The van der Waals surface area contributed by atoms with Crippen LogP contribution in [0.3, 0.4) is 0 Å². The van der Waals surface area contributed by atoms with E-state index in [1.54, 1.807) is 0 Å². The summed E-state index contributed by atoms with van der Waals surface area (Å²) in [5.74, 6) is -0.837. The molecule has 206 valence electrons. The molecule has 0 bridgehead atoms. The lowest BCUT2D eigenvalue weighted by Gasteiger charge is -2.34. The number of hydrogen-bond acceptors (Lipinski definition) is 6. The molecule has 0 radical (unpaired) electrons. The van der Waals surface area contributed by atoms with Crippen LogP contribution in [0.4, 0.5) is 11.4 Å². The number of aryl methyl sites for hydroxylation is 1. The molecule has 11 heteroatoms. The van der Waals surface area contributed by atoms with Gasteiger partial charge in [0.15, 0.2) is 0 Å². The number of nitrogens with one attached hydrogen (secondary N) is 1. The molecule has 0 heterocycles. The second-order valence-corrected chi connectivity index (χ2v) is 11.7. The maximum Gasteiger partial charge on any atom is 0.271 e. The zero-order valence-corrected chi connectivity index (χ0v) is 22.9. The van der Waals surface area contributed by atoms with Gasteiger partial charge in [-0.1, -0.05) is 62.1 Å². The third-order valence-electron chi connectivity index (χ3n) is 6.78. The number of sulfonamides is 1. The molecule has 1 atom stereocenters. The van der Waals surface area contributed by atoms with E-state index < -0.39 is 33.4 Å². The molecule has 0 spiro atoms. The first kappa shape index (κ1) is 29.1. The van der Waals surface area contributed by atoms with Crippen molar-refractivity contribution >= 4 is 33.2 Å². The van der Waals surface area contributed by atoms with Gasteiger partial charge in [0.1, 0.15) is 12.6 Å². The van der Waals surface area contributed by atoms with E-state index >= 15 is 0 Å². The first-order valence-corrected chi connectivity index (χ1v) is 14.7. The van der Waals surface area contributed by atoms with Crippen LogP contribution in [0.15, 0.2) is 48.5 Å². The van der Waals surface area contributed by atoms with Gasteiger partial charge in [0.05, 0.1) is 16.9 Å². The third kappa shape index (κ3) is 7.77. The normalized spacial score (nSPS) is 14.9. The first-order valence-electron chi connectivity index (χ1n) is 12.9. The van der Waals surface area contributed by atoms with E-state index in [0.717, 1.165) is 59.9 Å². The second-order valence-electron chi connectivity index (χ2n) is 9.82. The lowest BCUT2D eigenvalue weighted by Crippen LogP contribution is -2.53. The molecule has 1 N–H and O–H groups in total. The Kier molecular flexibility index (Phi) is 9.84. The van der Waals surface area contributed by atoms with Gasteiger partial charge in [0.2, 0.25) is 21.8 Å². The van der Waals surface area contributed by atoms with E-state index in [2.05, 4.69) is 5.32 Å². The highest BCUT2D eigenvalue weighted by atomic mass is 32.2. The van der Waals surface area contributed by atoms with Crippen LogP contribution in [0.1, 0.15) is 56.6 Å². The van der Waals surface area contributed by atoms with Crippen LogP contribution in [0.25, 0.3) is 0 Å². The third-order valence-corrected chi connectivity index (χ3v) is 7.92. The van der Waals surface area contributed by atoms with Crippen molar-refractivity contribution in [2.75, 3.05) is 17.1 Å². The molecule has 0 saturated heterocycles. The Hall–Kier alpha value is -3.47. The van der Waals surface area contributed by atoms with Crippen molar-refractivity contribution in [1.29, 1.82) is 0 Å². The van der Waals surface area contributed by atoms with Gasteiger partial charge >= 0.3 is 0 Å². The quantitative estimate of drug-likeness (QED) is 0.337. The lowest BCUT2D eigenvalue weighted by molar-refractivity contribution is -0.384. The number of anilines is 1. The molecule has 1 aliphatic carbocycles. The predicted octanol–water partition coefficient (Wildman–Crippen LogP) is 3.93. The van der Waals surface area contributed by atoms with Crippen molar-refractivity contribution in [3.05, 3.63) is 69.8 Å². The van der Waals surface area contributed by atoms with E-state index in [1.165, 1.54) is 23.1 Å². The van der Waals surface area contributed by atoms with Crippen molar-refractivity contribution in [2.45, 2.75) is 71.0 Å². The fourth-order valence-corrected chi connectivity index (χ4v) is 5.69. The highest BCUT2D eigenvalue weighted by Gasteiger charge is 2.33. The number of nitro groups is 1. The number of amides is 2. The standard InChI is InChI=1S/C27H36N4O6S/c1-4-25(27(33)28-22-12-6-5-7-13-22)29(18-21-11-8-10-20(2)16-21)26(32)19-30(38(3,36)37)23-14-9-15-24(17-23)31(34)35/h8-11,14-17,22,25H,4-7,12-13,18-19H2,1-3H3,(H,28,33). The summed E-state index contributed by atoms with van der Waals surface area (Å²) in [5, 5.41) is 14.4. The average Bonchev–Trinajstić information content (AvgIpc) is 2.87. The zero-order valence-electron chi connectivity index (χ0n) is 22.1. The Morgan fingerprint density at radius 2 is 1.79 bits per heavy atom. The van der Waals surface area contributed by atoms with Crippen LogP contribution in [-0.2, 0) is 26.2 Å². The van der Waals surface area contributed by atoms with Crippen molar-refractivity contribution in [2.24, 2.45) is 0 Å². The van der Waals surface area contributed by atoms with E-state index in [4.69, 9.17) is 0 Å². The maximum atomic E-state index is 13.8. The molecular formula is C27H36N4O6S. The second kappa shape index (κ2) is 12.9. The summed E-state index contributed by atoms with van der Waals surface area (Å²) < 4.78 is 26.3. The summed E-state index contributed by atoms with van der Waals surface area (Å²) in [6.07, 6.45) is 6.29. The fourth-order valence-electron chi connectivity index (χ4n) is 4.85. The number of carbonyl (C=O) groups is 2. The monoisotopic (exact) mass is 544 g/mol. The van der Waals surface area contributed by atoms with E-state index in [9.17, 15) is 28.1 Å². The molecule has 3 rings (SSSR count). The van der Waals surface area contributed by atoms with Crippen LogP contribution >= 0.6 is 0 Å².